The maximum atomic E-state index is 12.5. The van der Waals surface area contributed by atoms with Gasteiger partial charge in [0.2, 0.25) is 0 Å². The molecule has 27 heavy (non-hydrogen) atoms. The normalized spacial score (nSPS) is 11.7. The SMILES string of the molecule is C=CC(=O)N(CC(=O)C[C@@H](Cc1ccsc1)B(O)O)c1ccc(Cl)c(Cl)c1. The van der Waals surface area contributed by atoms with E-state index >= 15 is 0 Å². The zero-order valence-electron chi connectivity index (χ0n) is 14.3. The molecule has 0 aliphatic rings. The Hall–Kier alpha value is -1.64. The minimum Gasteiger partial charge on any atom is -0.427 e. The van der Waals surface area contributed by atoms with E-state index in [0.29, 0.717) is 17.1 Å². The standard InChI is InChI=1S/C18H18BCl2NO4S/c1-2-18(24)22(14-3-4-16(20)17(21)9-14)10-15(23)8-13(19(25)26)7-12-5-6-27-11-12/h2-6,9,11,13,25-26H,1,7-8,10H2/t13-/m1/s1. The number of amides is 1. The molecule has 142 valence electrons. The van der Waals surface area contributed by atoms with E-state index in [-0.39, 0.29) is 23.8 Å². The van der Waals surface area contributed by atoms with E-state index in [1.165, 1.54) is 28.4 Å². The fourth-order valence-corrected chi connectivity index (χ4v) is 3.56. The van der Waals surface area contributed by atoms with Crippen LogP contribution in [0.1, 0.15) is 12.0 Å². The Kier molecular flexibility index (Phi) is 8.07. The lowest BCUT2D eigenvalue weighted by Crippen LogP contribution is -2.36. The third-order valence-corrected chi connectivity index (χ3v) is 5.45. The number of anilines is 1. The van der Waals surface area contributed by atoms with Gasteiger partial charge in [0.25, 0.3) is 5.91 Å². The summed E-state index contributed by atoms with van der Waals surface area (Å²) in [4.78, 5) is 26.0. The molecule has 0 spiro atoms. The molecule has 1 aromatic heterocycles. The Morgan fingerprint density at radius 3 is 2.56 bits per heavy atom. The largest absolute Gasteiger partial charge is 0.455 e. The highest BCUT2D eigenvalue weighted by Gasteiger charge is 2.28. The predicted octanol–water partition coefficient (Wildman–Crippen LogP) is 3.62. The van der Waals surface area contributed by atoms with Crippen LogP contribution in [-0.2, 0) is 16.0 Å². The average Bonchev–Trinajstić information content (AvgIpc) is 3.14. The number of hydrogen-bond acceptors (Lipinski definition) is 5. The summed E-state index contributed by atoms with van der Waals surface area (Å²) in [5.74, 6) is -1.45. The molecule has 1 aromatic carbocycles. The molecule has 2 aromatic rings. The van der Waals surface area contributed by atoms with Gasteiger partial charge >= 0.3 is 7.12 Å². The molecule has 9 heteroatoms. The van der Waals surface area contributed by atoms with Crippen LogP contribution in [0.15, 0.2) is 47.7 Å². The van der Waals surface area contributed by atoms with E-state index in [4.69, 9.17) is 23.2 Å². The number of hydrogen-bond donors (Lipinski definition) is 2. The number of thiophene rings is 1. The maximum Gasteiger partial charge on any atom is 0.455 e. The number of Topliss-reactive ketones (excluding diaryl/α,β-unsaturated/α-hetero) is 1. The van der Waals surface area contributed by atoms with Gasteiger partial charge in [-0.25, -0.2) is 0 Å². The molecule has 1 heterocycles. The molecule has 0 aliphatic heterocycles. The van der Waals surface area contributed by atoms with E-state index in [2.05, 4.69) is 6.58 Å². The smallest absolute Gasteiger partial charge is 0.427 e. The number of halogens is 2. The van der Waals surface area contributed by atoms with Gasteiger partial charge in [-0.3, -0.25) is 9.59 Å². The van der Waals surface area contributed by atoms with Crippen LogP contribution in [0, 0.1) is 0 Å². The lowest BCUT2D eigenvalue weighted by atomic mass is 9.67. The van der Waals surface area contributed by atoms with Crippen LogP contribution in [0.5, 0.6) is 0 Å². The minimum absolute atomic E-state index is 0.0875. The molecule has 0 radical (unpaired) electrons. The first kappa shape index (κ1) is 21.7. The predicted molar refractivity (Wildman–Crippen MR) is 111 cm³/mol. The topological polar surface area (TPSA) is 77.8 Å². The van der Waals surface area contributed by atoms with Crippen LogP contribution in [0.2, 0.25) is 15.9 Å². The van der Waals surface area contributed by atoms with Crippen LogP contribution in [0.25, 0.3) is 0 Å². The molecular weight excluding hydrogens is 408 g/mol. The average molecular weight is 426 g/mol. The monoisotopic (exact) mass is 425 g/mol. The Morgan fingerprint density at radius 2 is 2.00 bits per heavy atom. The second kappa shape index (κ2) is 10.1. The summed E-state index contributed by atoms with van der Waals surface area (Å²) in [6.45, 7) is 3.21. The fraction of sp³-hybridized carbons (Fsp3) is 0.222. The zero-order valence-corrected chi connectivity index (χ0v) is 16.7. The molecule has 0 unspecified atom stereocenters. The first-order valence-electron chi connectivity index (χ1n) is 8.09. The lowest BCUT2D eigenvalue weighted by molar-refractivity contribution is -0.120. The molecule has 0 fully saturated rings. The van der Waals surface area contributed by atoms with Crippen molar-refractivity contribution in [3.63, 3.8) is 0 Å². The molecular formula is C18H18BCl2NO4S. The van der Waals surface area contributed by atoms with Crippen LogP contribution in [0.4, 0.5) is 5.69 Å². The van der Waals surface area contributed by atoms with Crippen LogP contribution in [-0.4, -0.2) is 35.4 Å². The first-order valence-corrected chi connectivity index (χ1v) is 9.79. The van der Waals surface area contributed by atoms with Gasteiger partial charge in [0.1, 0.15) is 0 Å². The summed E-state index contributed by atoms with van der Waals surface area (Å²) in [5.41, 5.74) is 1.33. The van der Waals surface area contributed by atoms with Gasteiger partial charge < -0.3 is 14.9 Å². The van der Waals surface area contributed by atoms with Crippen LogP contribution < -0.4 is 4.90 Å². The van der Waals surface area contributed by atoms with Crippen molar-refractivity contribution in [1.82, 2.24) is 0 Å². The van der Waals surface area contributed by atoms with Gasteiger partial charge in [0.05, 0.1) is 16.6 Å². The molecule has 0 saturated heterocycles. The Balaban J connectivity index is 2.13. The summed E-state index contributed by atoms with van der Waals surface area (Å²) >= 11 is 13.4. The van der Waals surface area contributed by atoms with Crippen molar-refractivity contribution < 1.29 is 19.6 Å². The Bertz CT molecular complexity index is 814. The molecule has 0 saturated carbocycles. The fourth-order valence-electron chi connectivity index (χ4n) is 2.59. The number of rotatable bonds is 9. The first-order chi connectivity index (χ1) is 12.8. The number of nitrogens with zero attached hydrogens (tertiary/aromatic N) is 1. The summed E-state index contributed by atoms with van der Waals surface area (Å²) in [6.07, 6.45) is 1.37. The summed E-state index contributed by atoms with van der Waals surface area (Å²) in [6, 6.07) is 6.46. The van der Waals surface area contributed by atoms with E-state index in [1.807, 2.05) is 16.8 Å². The van der Waals surface area contributed by atoms with Gasteiger partial charge in [-0.15, -0.1) is 0 Å². The van der Waals surface area contributed by atoms with E-state index < -0.39 is 18.8 Å². The van der Waals surface area contributed by atoms with Gasteiger partial charge in [-0.2, -0.15) is 11.3 Å². The maximum absolute atomic E-state index is 12.5. The van der Waals surface area contributed by atoms with Crippen molar-refractivity contribution in [2.75, 3.05) is 11.4 Å². The van der Waals surface area contributed by atoms with Crippen molar-refractivity contribution in [1.29, 1.82) is 0 Å². The number of ketones is 1. The number of carbonyl (C=O) groups excluding carboxylic acids is 2. The van der Waals surface area contributed by atoms with E-state index in [0.717, 1.165) is 11.6 Å². The van der Waals surface area contributed by atoms with E-state index in [1.54, 1.807) is 6.07 Å². The highest BCUT2D eigenvalue weighted by Crippen LogP contribution is 2.28. The summed E-state index contributed by atoms with van der Waals surface area (Å²) in [5, 5.41) is 23.6. The van der Waals surface area contributed by atoms with Crippen molar-refractivity contribution >= 4 is 59.0 Å². The third-order valence-electron chi connectivity index (χ3n) is 3.98. The number of benzene rings is 1. The number of carbonyl (C=O) groups is 2. The van der Waals surface area contributed by atoms with Gasteiger partial charge in [0, 0.05) is 17.9 Å². The minimum atomic E-state index is -1.64. The van der Waals surface area contributed by atoms with Crippen LogP contribution >= 0.6 is 34.5 Å². The van der Waals surface area contributed by atoms with Gasteiger partial charge in [-0.05, 0) is 53.1 Å². The van der Waals surface area contributed by atoms with Gasteiger partial charge in [0.15, 0.2) is 5.78 Å². The molecule has 2 rings (SSSR count). The Labute approximate surface area is 172 Å². The van der Waals surface area contributed by atoms with E-state index in [9.17, 15) is 19.6 Å². The summed E-state index contributed by atoms with van der Waals surface area (Å²) < 4.78 is 0. The highest BCUT2D eigenvalue weighted by molar-refractivity contribution is 7.07. The van der Waals surface area contributed by atoms with Crippen LogP contribution in [0.3, 0.4) is 0 Å². The molecule has 0 aliphatic carbocycles. The molecule has 0 bridgehead atoms. The van der Waals surface area contributed by atoms with Crippen molar-refractivity contribution in [3.05, 3.63) is 63.3 Å². The second-order valence-electron chi connectivity index (χ2n) is 5.98. The molecule has 1 amide bonds. The Morgan fingerprint density at radius 1 is 1.26 bits per heavy atom. The second-order valence-corrected chi connectivity index (χ2v) is 7.57. The quantitative estimate of drug-likeness (QED) is 0.475. The molecule has 1 atom stereocenters. The van der Waals surface area contributed by atoms with Gasteiger partial charge in [-0.1, -0.05) is 29.8 Å². The van der Waals surface area contributed by atoms with Crippen molar-refractivity contribution in [3.8, 4) is 0 Å². The zero-order chi connectivity index (χ0) is 20.0. The summed E-state index contributed by atoms with van der Waals surface area (Å²) in [7, 11) is -1.64. The lowest BCUT2D eigenvalue weighted by Gasteiger charge is -2.22. The third kappa shape index (κ3) is 6.19. The molecule has 2 N–H and O–H groups in total. The highest BCUT2D eigenvalue weighted by atomic mass is 35.5. The van der Waals surface area contributed by atoms with Crippen molar-refractivity contribution in [2.45, 2.75) is 18.7 Å². The molecule has 5 nitrogen and oxygen atoms in total. The van der Waals surface area contributed by atoms with Crippen molar-refractivity contribution in [2.24, 2.45) is 0 Å².